The molecule has 8 heteroatoms. The molecule has 1 aromatic carbocycles. The number of benzene rings is 1. The molecule has 1 N–H and O–H groups in total. The number of fused-ring (bicyclic) bond motifs is 1. The van der Waals surface area contributed by atoms with Crippen molar-refractivity contribution in [3.8, 4) is 0 Å². The number of thiazole rings is 1. The van der Waals surface area contributed by atoms with Gasteiger partial charge in [-0.2, -0.15) is 0 Å². The van der Waals surface area contributed by atoms with E-state index in [1.165, 1.54) is 4.70 Å². The fourth-order valence-electron chi connectivity index (χ4n) is 2.94. The molecule has 1 aliphatic heterocycles. The zero-order valence-electron chi connectivity index (χ0n) is 13.5. The van der Waals surface area contributed by atoms with Crippen LogP contribution in [0, 0.1) is 5.92 Å². The largest absolute Gasteiger partial charge is 0.342 e. The van der Waals surface area contributed by atoms with Crippen molar-refractivity contribution in [3.05, 3.63) is 27.7 Å². The molecule has 1 aliphatic rings. The minimum Gasteiger partial charge on any atom is -0.342 e. The number of likely N-dealkylation sites (tertiary alicyclic amines) is 1. The monoisotopic (exact) mass is 453 g/mol. The third-order valence-electron chi connectivity index (χ3n) is 4.08. The molecule has 1 atom stereocenters. The van der Waals surface area contributed by atoms with Crippen LogP contribution >= 0.6 is 52.1 Å². The molecule has 0 spiro atoms. The van der Waals surface area contributed by atoms with Crippen molar-refractivity contribution in [3.63, 3.8) is 0 Å². The Balaban J connectivity index is 0.00000144. The van der Waals surface area contributed by atoms with Gasteiger partial charge in [0, 0.05) is 30.4 Å². The molecule has 134 valence electrons. The highest BCUT2D eigenvalue weighted by atomic mass is 79.9. The summed E-state index contributed by atoms with van der Waals surface area (Å²) in [5.74, 6) is 0.868. The van der Waals surface area contributed by atoms with Crippen LogP contribution in [0.4, 0.5) is 0 Å². The lowest BCUT2D eigenvalue weighted by Crippen LogP contribution is -2.30. The van der Waals surface area contributed by atoms with E-state index in [2.05, 4.69) is 32.3 Å². The number of rotatable bonds is 5. The number of hydrogen-bond acceptors (Lipinski definition) is 4. The van der Waals surface area contributed by atoms with E-state index in [0.717, 1.165) is 47.5 Å². The van der Waals surface area contributed by atoms with Gasteiger partial charge in [-0.1, -0.05) is 15.9 Å². The molecule has 1 aromatic heterocycles. The van der Waals surface area contributed by atoms with Crippen molar-refractivity contribution in [1.29, 1.82) is 0 Å². The first kappa shape index (κ1) is 21.6. The second-order valence-electron chi connectivity index (χ2n) is 5.77. The molecule has 1 amide bonds. The summed E-state index contributed by atoms with van der Waals surface area (Å²) in [4.78, 5) is 18.9. The van der Waals surface area contributed by atoms with Crippen LogP contribution in [0.5, 0.6) is 0 Å². The van der Waals surface area contributed by atoms with Gasteiger partial charge in [0.15, 0.2) is 0 Å². The van der Waals surface area contributed by atoms with E-state index < -0.39 is 0 Å². The van der Waals surface area contributed by atoms with Crippen LogP contribution in [0.1, 0.15) is 17.8 Å². The number of nitrogens with zero attached hydrogens (tertiary/aromatic N) is 2. The molecule has 1 saturated heterocycles. The third-order valence-corrected chi connectivity index (χ3v) is 5.67. The van der Waals surface area contributed by atoms with E-state index in [9.17, 15) is 4.79 Å². The molecule has 1 fully saturated rings. The molecule has 3 rings (SSSR count). The van der Waals surface area contributed by atoms with Crippen LogP contribution in [0.25, 0.3) is 10.2 Å². The van der Waals surface area contributed by atoms with Crippen LogP contribution in [0.3, 0.4) is 0 Å². The van der Waals surface area contributed by atoms with Gasteiger partial charge in [-0.05, 0) is 44.1 Å². The highest BCUT2D eigenvalue weighted by Crippen LogP contribution is 2.26. The molecule has 2 heterocycles. The highest BCUT2D eigenvalue weighted by molar-refractivity contribution is 9.10. The molecule has 2 aromatic rings. The van der Waals surface area contributed by atoms with E-state index in [4.69, 9.17) is 0 Å². The predicted octanol–water partition coefficient (Wildman–Crippen LogP) is 3.90. The van der Waals surface area contributed by atoms with Gasteiger partial charge in [0.2, 0.25) is 5.91 Å². The quantitative estimate of drug-likeness (QED) is 0.744. The van der Waals surface area contributed by atoms with E-state index in [1.807, 2.05) is 24.1 Å². The average Bonchev–Trinajstić information content (AvgIpc) is 3.11. The van der Waals surface area contributed by atoms with Crippen molar-refractivity contribution in [2.24, 2.45) is 5.92 Å². The van der Waals surface area contributed by atoms with Gasteiger partial charge < -0.3 is 10.2 Å². The second kappa shape index (κ2) is 9.92. The topological polar surface area (TPSA) is 45.2 Å². The molecule has 0 bridgehead atoms. The summed E-state index contributed by atoms with van der Waals surface area (Å²) in [6.07, 6.45) is 2.41. The standard InChI is InChI=1S/C16H20BrN3OS.2ClH/c1-18-9-11-6-7-20(10-11)16(21)5-4-15-19-13-8-12(17)2-3-14(13)22-15;;/h2-3,8,11,18H,4-7,9-10H2,1H3;2*1H. The van der Waals surface area contributed by atoms with Crippen molar-refractivity contribution in [1.82, 2.24) is 15.2 Å². The van der Waals surface area contributed by atoms with E-state index in [-0.39, 0.29) is 30.7 Å². The summed E-state index contributed by atoms with van der Waals surface area (Å²) < 4.78 is 2.22. The molecular weight excluding hydrogens is 433 g/mol. The number of aromatic nitrogens is 1. The predicted molar refractivity (Wildman–Crippen MR) is 109 cm³/mol. The Bertz CT molecular complexity index is 682. The molecule has 24 heavy (non-hydrogen) atoms. The summed E-state index contributed by atoms with van der Waals surface area (Å²) >= 11 is 5.15. The summed E-state index contributed by atoms with van der Waals surface area (Å²) in [6.45, 7) is 2.79. The van der Waals surface area contributed by atoms with E-state index in [0.29, 0.717) is 12.3 Å². The van der Waals surface area contributed by atoms with Crippen molar-refractivity contribution >= 4 is 68.2 Å². The molecule has 4 nitrogen and oxygen atoms in total. The zero-order valence-corrected chi connectivity index (χ0v) is 17.5. The molecule has 0 aliphatic carbocycles. The first-order valence-electron chi connectivity index (χ1n) is 7.63. The van der Waals surface area contributed by atoms with E-state index in [1.54, 1.807) is 11.3 Å². The number of halogens is 3. The van der Waals surface area contributed by atoms with E-state index >= 15 is 0 Å². The van der Waals surface area contributed by atoms with Gasteiger partial charge in [-0.25, -0.2) is 4.98 Å². The Morgan fingerprint density at radius 2 is 2.25 bits per heavy atom. The van der Waals surface area contributed by atoms with Gasteiger partial charge in [-0.3, -0.25) is 4.79 Å². The Morgan fingerprint density at radius 3 is 3.00 bits per heavy atom. The van der Waals surface area contributed by atoms with Crippen LogP contribution in [-0.4, -0.2) is 42.5 Å². The third kappa shape index (κ3) is 5.30. The SMILES string of the molecule is CNCC1CCN(C(=O)CCc2nc3cc(Br)ccc3s2)C1.Cl.Cl. The average molecular weight is 455 g/mol. The number of nitrogens with one attached hydrogen (secondary N) is 1. The Labute approximate surface area is 167 Å². The molecular formula is C16H22BrCl2N3OS. The van der Waals surface area contributed by atoms with Crippen LogP contribution in [0.15, 0.2) is 22.7 Å². The first-order chi connectivity index (χ1) is 10.7. The van der Waals surface area contributed by atoms with Crippen molar-refractivity contribution in [2.45, 2.75) is 19.3 Å². The Hall–Kier alpha value is -0.400. The lowest BCUT2D eigenvalue weighted by Gasteiger charge is -2.16. The number of carbonyl (C=O) groups is 1. The number of hydrogen-bond donors (Lipinski definition) is 1. The maximum absolute atomic E-state index is 12.3. The molecule has 0 saturated carbocycles. The Kier molecular flexibility index (Phi) is 8.95. The molecule has 1 unspecified atom stereocenters. The zero-order chi connectivity index (χ0) is 15.5. The summed E-state index contributed by atoms with van der Waals surface area (Å²) in [5, 5.41) is 4.24. The Morgan fingerprint density at radius 1 is 1.46 bits per heavy atom. The van der Waals surface area contributed by atoms with Gasteiger partial charge >= 0.3 is 0 Å². The maximum atomic E-state index is 12.3. The second-order valence-corrected chi connectivity index (χ2v) is 7.80. The smallest absolute Gasteiger partial charge is 0.222 e. The van der Waals surface area contributed by atoms with Gasteiger partial charge in [0.1, 0.15) is 0 Å². The number of carbonyl (C=O) groups excluding carboxylic acids is 1. The minimum absolute atomic E-state index is 0. The van der Waals surface area contributed by atoms with Gasteiger partial charge in [0.05, 0.1) is 15.2 Å². The highest BCUT2D eigenvalue weighted by Gasteiger charge is 2.25. The van der Waals surface area contributed by atoms with Crippen molar-refractivity contribution < 1.29 is 4.79 Å². The summed E-state index contributed by atoms with van der Waals surface area (Å²) in [7, 11) is 1.97. The van der Waals surface area contributed by atoms with Crippen molar-refractivity contribution in [2.75, 3.05) is 26.7 Å². The van der Waals surface area contributed by atoms with Gasteiger partial charge in [-0.15, -0.1) is 36.2 Å². The first-order valence-corrected chi connectivity index (χ1v) is 9.24. The maximum Gasteiger partial charge on any atom is 0.222 e. The summed E-state index contributed by atoms with van der Waals surface area (Å²) in [5.41, 5.74) is 1.01. The lowest BCUT2D eigenvalue weighted by atomic mass is 10.1. The van der Waals surface area contributed by atoms with Crippen LogP contribution in [0.2, 0.25) is 0 Å². The van der Waals surface area contributed by atoms with Crippen LogP contribution in [-0.2, 0) is 11.2 Å². The van der Waals surface area contributed by atoms with Crippen LogP contribution < -0.4 is 5.32 Å². The number of aryl methyl sites for hydroxylation is 1. The normalized spacial score (nSPS) is 16.8. The minimum atomic E-state index is 0. The molecule has 0 radical (unpaired) electrons. The fourth-order valence-corrected chi connectivity index (χ4v) is 4.24. The lowest BCUT2D eigenvalue weighted by molar-refractivity contribution is -0.130. The fraction of sp³-hybridized carbons (Fsp3) is 0.500. The summed E-state index contributed by atoms with van der Waals surface area (Å²) in [6, 6.07) is 6.13. The van der Waals surface area contributed by atoms with Gasteiger partial charge in [0.25, 0.3) is 0 Å². The number of amides is 1.